The predicted molar refractivity (Wildman–Crippen MR) is 161 cm³/mol. The van der Waals surface area contributed by atoms with Crippen molar-refractivity contribution in [1.29, 1.82) is 0 Å². The molecule has 0 saturated heterocycles. The second-order valence-corrected chi connectivity index (χ2v) is 12.0. The molecule has 5 aromatic rings. The molecule has 0 aliphatic carbocycles. The maximum atomic E-state index is 11.5. The standard InChI is InChI=1S/C30H26N2O4S3/c1-20(18-38(33)34)26-16-25-6-3-11-31-29(25)27(17-26)24-5-2-4-22(14-24)15-28(30-32-12-13-37-30)23-9-7-21(8-10-23)19-39(35)36/h2-17,20H,18-19H2,1H3,(H,33,34)(H,35,36)/b28-15+. The summed E-state index contributed by atoms with van der Waals surface area (Å²) in [6.45, 7) is 1.96. The van der Waals surface area contributed by atoms with Crippen molar-refractivity contribution in [3.63, 3.8) is 0 Å². The van der Waals surface area contributed by atoms with Crippen LogP contribution in [0.1, 0.15) is 40.1 Å². The van der Waals surface area contributed by atoms with Gasteiger partial charge in [0, 0.05) is 34.3 Å². The third kappa shape index (κ3) is 6.63. The Bertz CT molecular complexity index is 1680. The van der Waals surface area contributed by atoms with Crippen molar-refractivity contribution in [3.8, 4) is 11.1 Å². The van der Waals surface area contributed by atoms with Crippen LogP contribution in [0.15, 0.2) is 90.6 Å². The third-order valence-corrected chi connectivity index (χ3v) is 8.59. The van der Waals surface area contributed by atoms with Gasteiger partial charge in [-0.3, -0.25) is 4.98 Å². The first kappa shape index (κ1) is 27.2. The molecule has 6 nitrogen and oxygen atoms in total. The molecular formula is C30H26N2O4S3. The van der Waals surface area contributed by atoms with E-state index in [0.717, 1.165) is 54.9 Å². The maximum Gasteiger partial charge on any atom is 0.157 e. The fourth-order valence-electron chi connectivity index (χ4n) is 4.54. The van der Waals surface area contributed by atoms with Gasteiger partial charge in [0.15, 0.2) is 22.2 Å². The van der Waals surface area contributed by atoms with Crippen molar-refractivity contribution in [2.75, 3.05) is 5.75 Å². The van der Waals surface area contributed by atoms with E-state index in [4.69, 9.17) is 0 Å². The Morgan fingerprint density at radius 3 is 2.49 bits per heavy atom. The SMILES string of the molecule is CC(CS(=O)O)c1cc(-c2cccc(/C=C(\c3ccc(CS(=O)O)cc3)c3nccs3)c2)c2ncccc2c1. The zero-order valence-corrected chi connectivity index (χ0v) is 23.5. The van der Waals surface area contributed by atoms with Gasteiger partial charge in [0.2, 0.25) is 0 Å². The average molecular weight is 575 g/mol. The van der Waals surface area contributed by atoms with E-state index < -0.39 is 22.2 Å². The molecule has 0 saturated carbocycles. The Balaban J connectivity index is 1.59. The quantitative estimate of drug-likeness (QED) is 0.145. The minimum Gasteiger partial charge on any atom is -0.306 e. The van der Waals surface area contributed by atoms with Crippen molar-refractivity contribution in [1.82, 2.24) is 9.97 Å². The number of pyridine rings is 1. The lowest BCUT2D eigenvalue weighted by Gasteiger charge is -2.15. The molecular weight excluding hydrogens is 549 g/mol. The van der Waals surface area contributed by atoms with Gasteiger partial charge < -0.3 is 9.11 Å². The summed E-state index contributed by atoms with van der Waals surface area (Å²) in [6.07, 6.45) is 5.65. The predicted octanol–water partition coefficient (Wildman–Crippen LogP) is 6.99. The first-order valence-corrected chi connectivity index (χ1v) is 15.7. The maximum absolute atomic E-state index is 11.5. The largest absolute Gasteiger partial charge is 0.306 e. The van der Waals surface area contributed by atoms with E-state index in [1.165, 1.54) is 0 Å². The van der Waals surface area contributed by atoms with Gasteiger partial charge >= 0.3 is 0 Å². The monoisotopic (exact) mass is 574 g/mol. The number of benzene rings is 3. The van der Waals surface area contributed by atoms with Crippen LogP contribution in [0.4, 0.5) is 0 Å². The second kappa shape index (κ2) is 12.2. The van der Waals surface area contributed by atoms with Gasteiger partial charge in [-0.15, -0.1) is 11.3 Å². The van der Waals surface area contributed by atoms with E-state index in [0.29, 0.717) is 0 Å². The Labute approximate surface area is 236 Å². The summed E-state index contributed by atoms with van der Waals surface area (Å²) >= 11 is -2.23. The Morgan fingerprint density at radius 2 is 1.77 bits per heavy atom. The van der Waals surface area contributed by atoms with Crippen molar-refractivity contribution >= 4 is 56.0 Å². The Kier molecular flexibility index (Phi) is 8.54. The molecule has 3 aromatic carbocycles. The fraction of sp³-hybridized carbons (Fsp3) is 0.133. The highest BCUT2D eigenvalue weighted by Crippen LogP contribution is 2.34. The van der Waals surface area contributed by atoms with Gasteiger partial charge in [-0.25, -0.2) is 13.4 Å². The molecule has 5 rings (SSSR count). The summed E-state index contributed by atoms with van der Waals surface area (Å²) in [6, 6.07) is 23.9. The summed E-state index contributed by atoms with van der Waals surface area (Å²) < 4.78 is 41.4. The molecule has 3 atom stereocenters. The highest BCUT2D eigenvalue weighted by molar-refractivity contribution is 7.79. The topological polar surface area (TPSA) is 100 Å². The molecule has 198 valence electrons. The molecule has 0 fully saturated rings. The molecule has 39 heavy (non-hydrogen) atoms. The molecule has 2 aromatic heterocycles. The molecule has 0 radical (unpaired) electrons. The van der Waals surface area contributed by atoms with Crippen molar-refractivity contribution < 1.29 is 17.5 Å². The molecule has 2 N–H and O–H groups in total. The summed E-state index contributed by atoms with van der Waals surface area (Å²) in [7, 11) is 0. The summed E-state index contributed by atoms with van der Waals surface area (Å²) in [5.74, 6) is 0.162. The van der Waals surface area contributed by atoms with Crippen LogP contribution in [0.5, 0.6) is 0 Å². The van der Waals surface area contributed by atoms with Crippen LogP contribution in [-0.2, 0) is 27.9 Å². The molecule has 0 amide bonds. The van der Waals surface area contributed by atoms with E-state index in [1.54, 1.807) is 23.7 Å². The first-order valence-electron chi connectivity index (χ1n) is 12.2. The van der Waals surface area contributed by atoms with Crippen LogP contribution in [0, 0.1) is 0 Å². The van der Waals surface area contributed by atoms with Crippen molar-refractivity contribution in [3.05, 3.63) is 118 Å². The van der Waals surface area contributed by atoms with Gasteiger partial charge in [-0.1, -0.05) is 55.5 Å². The molecule has 3 unspecified atom stereocenters. The molecule has 0 spiro atoms. The lowest BCUT2D eigenvalue weighted by atomic mass is 9.93. The van der Waals surface area contributed by atoms with E-state index in [2.05, 4.69) is 28.2 Å². The molecule has 0 aliphatic heterocycles. The van der Waals surface area contributed by atoms with Gasteiger partial charge in [0.05, 0.1) is 17.0 Å². The van der Waals surface area contributed by atoms with Gasteiger partial charge in [-0.2, -0.15) is 0 Å². The fourth-order valence-corrected chi connectivity index (χ4v) is 6.31. The van der Waals surface area contributed by atoms with Crippen LogP contribution in [0.2, 0.25) is 0 Å². The number of thiazole rings is 1. The molecule has 9 heteroatoms. The molecule has 0 bridgehead atoms. The number of hydrogen-bond donors (Lipinski definition) is 2. The minimum atomic E-state index is -1.89. The number of hydrogen-bond acceptors (Lipinski definition) is 5. The highest BCUT2D eigenvalue weighted by atomic mass is 32.2. The Morgan fingerprint density at radius 1 is 0.949 bits per heavy atom. The second-order valence-electron chi connectivity index (χ2n) is 9.22. The molecule has 0 aliphatic rings. The van der Waals surface area contributed by atoms with E-state index in [-0.39, 0.29) is 17.4 Å². The van der Waals surface area contributed by atoms with Crippen LogP contribution >= 0.6 is 11.3 Å². The van der Waals surface area contributed by atoms with E-state index >= 15 is 0 Å². The Hall–Kier alpha value is -3.34. The lowest BCUT2D eigenvalue weighted by Crippen LogP contribution is -2.05. The number of aromatic nitrogens is 2. The van der Waals surface area contributed by atoms with Gasteiger partial charge in [0.25, 0.3) is 0 Å². The van der Waals surface area contributed by atoms with E-state index in [9.17, 15) is 17.5 Å². The normalized spacial score (nSPS) is 14.3. The number of fused-ring (bicyclic) bond motifs is 1. The average Bonchev–Trinajstić information content (AvgIpc) is 3.46. The van der Waals surface area contributed by atoms with Gasteiger partial charge in [-0.05, 0) is 64.1 Å². The lowest BCUT2D eigenvalue weighted by molar-refractivity contribution is 0.558. The summed E-state index contributed by atoms with van der Waals surface area (Å²) in [5, 5.41) is 3.79. The van der Waals surface area contributed by atoms with E-state index in [1.807, 2.05) is 73.0 Å². The number of rotatable bonds is 9. The number of nitrogens with zero attached hydrogens (tertiary/aromatic N) is 2. The highest BCUT2D eigenvalue weighted by Gasteiger charge is 2.15. The third-order valence-electron chi connectivity index (χ3n) is 6.42. The first-order chi connectivity index (χ1) is 18.9. The summed E-state index contributed by atoms with van der Waals surface area (Å²) in [5.41, 5.74) is 7.50. The smallest absolute Gasteiger partial charge is 0.157 e. The zero-order chi connectivity index (χ0) is 27.4. The van der Waals surface area contributed by atoms with Crippen molar-refractivity contribution in [2.45, 2.75) is 18.6 Å². The van der Waals surface area contributed by atoms with Crippen molar-refractivity contribution in [2.24, 2.45) is 0 Å². The molecule has 2 heterocycles. The van der Waals surface area contributed by atoms with Gasteiger partial charge in [0.1, 0.15) is 5.01 Å². The van der Waals surface area contributed by atoms with Crippen LogP contribution in [0.3, 0.4) is 0 Å². The summed E-state index contributed by atoms with van der Waals surface area (Å²) in [4.78, 5) is 9.20. The van der Waals surface area contributed by atoms with Crippen LogP contribution < -0.4 is 0 Å². The van der Waals surface area contributed by atoms with Crippen LogP contribution in [-0.4, -0.2) is 33.2 Å². The zero-order valence-electron chi connectivity index (χ0n) is 21.1. The van der Waals surface area contributed by atoms with Crippen LogP contribution in [0.25, 0.3) is 33.7 Å². The minimum absolute atomic E-state index is 0.0898.